The Morgan fingerprint density at radius 3 is 1.29 bits per heavy atom. The summed E-state index contributed by atoms with van der Waals surface area (Å²) in [5.74, 6) is -0.441. The fraction of sp³-hybridized carbons (Fsp3) is 0.275. The molecule has 7 rings (SSSR count). The summed E-state index contributed by atoms with van der Waals surface area (Å²) in [6.45, 7) is 2.06. The van der Waals surface area contributed by atoms with E-state index in [2.05, 4.69) is 0 Å². The van der Waals surface area contributed by atoms with Crippen molar-refractivity contribution in [3.05, 3.63) is 215 Å². The molecule has 1 heterocycles. The molecule has 0 spiro atoms. The average molecular weight is 793 g/mol. The van der Waals surface area contributed by atoms with Gasteiger partial charge in [-0.1, -0.05) is 182 Å². The van der Waals surface area contributed by atoms with E-state index in [-0.39, 0.29) is 39.5 Å². The van der Waals surface area contributed by atoms with Gasteiger partial charge in [-0.2, -0.15) is 0 Å². The minimum absolute atomic E-state index is 0.0396. The second-order valence-electron chi connectivity index (χ2n) is 14.8. The molecule has 0 aliphatic carbocycles. The first-order valence-corrected chi connectivity index (χ1v) is 20.2. The molecule has 0 amide bonds. The molecular formula is C51H52O8. The maximum absolute atomic E-state index is 12.2. The van der Waals surface area contributed by atoms with Crippen molar-refractivity contribution in [1.82, 2.24) is 0 Å². The number of aliphatic hydroxyl groups excluding tert-OH is 1. The van der Waals surface area contributed by atoms with Crippen molar-refractivity contribution < 1.29 is 38.3 Å². The lowest BCUT2D eigenvalue weighted by atomic mass is 9.80. The van der Waals surface area contributed by atoms with Crippen LogP contribution in [0.4, 0.5) is 0 Å². The third-order valence-electron chi connectivity index (χ3n) is 10.6. The third kappa shape index (κ3) is 11.0. The topological polar surface area (TPSA) is 92.7 Å². The number of hydrogen-bond acceptors (Lipinski definition) is 8. The predicted molar refractivity (Wildman–Crippen MR) is 226 cm³/mol. The van der Waals surface area contributed by atoms with E-state index >= 15 is 0 Å². The summed E-state index contributed by atoms with van der Waals surface area (Å²) in [6, 6.07) is 59.9. The van der Waals surface area contributed by atoms with E-state index in [1.807, 2.05) is 182 Å². The highest BCUT2D eigenvalue weighted by molar-refractivity contribution is 5.65. The number of hydrogen-bond donors (Lipinski definition) is 1. The van der Waals surface area contributed by atoms with E-state index in [1.165, 1.54) is 6.92 Å². The minimum atomic E-state index is -1.03. The van der Waals surface area contributed by atoms with Crippen LogP contribution in [0.25, 0.3) is 0 Å². The largest absolute Gasteiger partial charge is 0.463 e. The zero-order valence-corrected chi connectivity index (χ0v) is 33.3. The van der Waals surface area contributed by atoms with Crippen LogP contribution >= 0.6 is 0 Å². The number of esters is 1. The average Bonchev–Trinajstić information content (AvgIpc) is 3.29. The van der Waals surface area contributed by atoms with Crippen molar-refractivity contribution >= 4 is 5.97 Å². The highest BCUT2D eigenvalue weighted by Gasteiger charge is 2.49. The van der Waals surface area contributed by atoms with Crippen LogP contribution in [0, 0.1) is 0 Å². The Hall–Kier alpha value is -5.45. The summed E-state index contributed by atoms with van der Waals surface area (Å²) >= 11 is 0. The van der Waals surface area contributed by atoms with E-state index in [9.17, 15) is 9.90 Å². The van der Waals surface area contributed by atoms with Crippen molar-refractivity contribution in [1.29, 1.82) is 0 Å². The monoisotopic (exact) mass is 792 g/mol. The molecule has 1 aliphatic heterocycles. The molecule has 1 aliphatic rings. The highest BCUT2D eigenvalue weighted by atomic mass is 16.6. The van der Waals surface area contributed by atoms with Crippen LogP contribution in [-0.4, -0.2) is 60.9 Å². The van der Waals surface area contributed by atoms with Crippen LogP contribution < -0.4 is 0 Å². The molecule has 1 fully saturated rings. The number of aliphatic hydroxyl groups is 1. The van der Waals surface area contributed by atoms with Gasteiger partial charge in [0, 0.05) is 13.3 Å². The molecule has 0 aromatic heterocycles. The molecule has 304 valence electrons. The Labute approximate surface area is 347 Å². The molecule has 1 N–H and O–H groups in total. The molecule has 0 saturated carbocycles. The Balaban J connectivity index is 1.22. The SMILES string of the molecule is CC(=O)OCC1O[C@H](C[C@H](O)COC(c2ccccc2)(c2ccccc2)c2ccccc2)C(OCc2ccccc2)C(OCc2ccccc2)[C@@H]1OCc1ccccc1. The standard InChI is InChI=1S/C51H52O8/c1-38(52)54-37-47-49(56-34-40-22-10-3-11-23-40)50(57-35-41-24-12-4-13-25-41)48(55-33-39-20-8-2-9-21-39)46(59-47)32-45(53)36-58-51(42-26-14-5-15-27-42,43-28-16-6-17-29-43)44-30-18-7-19-31-44/h2-31,45-50,53H,32-37H2,1H3/t45-,46+,47?,48?,49+,50?/m0/s1. The van der Waals surface area contributed by atoms with Crippen LogP contribution in [0.2, 0.25) is 0 Å². The molecule has 0 radical (unpaired) electrons. The van der Waals surface area contributed by atoms with Gasteiger partial charge in [-0.15, -0.1) is 0 Å². The van der Waals surface area contributed by atoms with Gasteiger partial charge in [0.1, 0.15) is 36.6 Å². The lowest BCUT2D eigenvalue weighted by Crippen LogP contribution is -2.61. The number of carbonyl (C=O) groups excluding carboxylic acids is 1. The van der Waals surface area contributed by atoms with E-state index in [4.69, 9.17) is 28.4 Å². The molecule has 8 heteroatoms. The van der Waals surface area contributed by atoms with Gasteiger partial charge >= 0.3 is 5.97 Å². The molecule has 6 atom stereocenters. The summed E-state index contributed by atoms with van der Waals surface area (Å²) in [5.41, 5.74) is 4.67. The lowest BCUT2D eigenvalue weighted by Gasteiger charge is -2.46. The molecule has 8 nitrogen and oxygen atoms in total. The van der Waals surface area contributed by atoms with Gasteiger partial charge in [0.2, 0.25) is 0 Å². The van der Waals surface area contributed by atoms with Gasteiger partial charge in [0.05, 0.1) is 38.6 Å². The fourth-order valence-electron chi connectivity index (χ4n) is 7.73. The van der Waals surface area contributed by atoms with E-state index < -0.39 is 48.2 Å². The summed E-state index contributed by atoms with van der Waals surface area (Å²) < 4.78 is 39.8. The van der Waals surface area contributed by atoms with Crippen LogP contribution in [0.1, 0.15) is 46.7 Å². The fourth-order valence-corrected chi connectivity index (χ4v) is 7.73. The van der Waals surface area contributed by atoms with Crippen molar-refractivity contribution in [2.24, 2.45) is 0 Å². The minimum Gasteiger partial charge on any atom is -0.463 e. The van der Waals surface area contributed by atoms with Crippen LogP contribution in [0.5, 0.6) is 0 Å². The normalized spacial score (nSPS) is 19.8. The second-order valence-corrected chi connectivity index (χ2v) is 14.8. The maximum atomic E-state index is 12.2. The van der Waals surface area contributed by atoms with Crippen LogP contribution in [0.15, 0.2) is 182 Å². The first kappa shape index (κ1) is 41.7. The van der Waals surface area contributed by atoms with E-state index in [1.54, 1.807) is 0 Å². The van der Waals surface area contributed by atoms with Gasteiger partial charge in [-0.3, -0.25) is 4.79 Å². The van der Waals surface area contributed by atoms with Crippen molar-refractivity contribution in [3.8, 4) is 0 Å². The van der Waals surface area contributed by atoms with Gasteiger partial charge in [0.15, 0.2) is 0 Å². The van der Waals surface area contributed by atoms with Gasteiger partial charge in [0.25, 0.3) is 0 Å². The van der Waals surface area contributed by atoms with Crippen molar-refractivity contribution in [2.45, 2.75) is 75.4 Å². The first-order chi connectivity index (χ1) is 29.0. The summed E-state index contributed by atoms with van der Waals surface area (Å²) in [5, 5.41) is 12.1. The van der Waals surface area contributed by atoms with Crippen molar-refractivity contribution in [2.75, 3.05) is 13.2 Å². The van der Waals surface area contributed by atoms with Crippen molar-refractivity contribution in [3.63, 3.8) is 0 Å². The highest BCUT2D eigenvalue weighted by Crippen LogP contribution is 2.41. The quantitative estimate of drug-likeness (QED) is 0.0643. The second kappa shape index (κ2) is 21.0. The number of benzene rings is 6. The Morgan fingerprint density at radius 1 is 0.542 bits per heavy atom. The molecule has 6 aromatic carbocycles. The molecule has 59 heavy (non-hydrogen) atoms. The predicted octanol–water partition coefficient (Wildman–Crippen LogP) is 8.83. The van der Waals surface area contributed by atoms with Gasteiger partial charge < -0.3 is 33.5 Å². The zero-order valence-electron chi connectivity index (χ0n) is 33.3. The number of ether oxygens (including phenoxy) is 6. The Bertz CT molecular complexity index is 2010. The summed E-state index contributed by atoms with van der Waals surface area (Å²) in [7, 11) is 0. The smallest absolute Gasteiger partial charge is 0.302 e. The Morgan fingerprint density at radius 2 is 0.898 bits per heavy atom. The third-order valence-corrected chi connectivity index (χ3v) is 10.6. The van der Waals surface area contributed by atoms with Gasteiger partial charge in [-0.05, 0) is 33.4 Å². The molecule has 0 bridgehead atoms. The molecule has 1 saturated heterocycles. The lowest BCUT2D eigenvalue weighted by molar-refractivity contribution is -0.275. The Kier molecular flexibility index (Phi) is 14.8. The zero-order chi connectivity index (χ0) is 40.7. The van der Waals surface area contributed by atoms with E-state index in [0.717, 1.165) is 33.4 Å². The first-order valence-electron chi connectivity index (χ1n) is 20.2. The molecule has 6 aromatic rings. The van der Waals surface area contributed by atoms with Crippen LogP contribution in [-0.2, 0) is 58.6 Å². The van der Waals surface area contributed by atoms with Gasteiger partial charge in [-0.25, -0.2) is 0 Å². The van der Waals surface area contributed by atoms with E-state index in [0.29, 0.717) is 0 Å². The number of carbonyl (C=O) groups is 1. The summed E-state index contributed by atoms with van der Waals surface area (Å²) in [6.07, 6.45) is -4.43. The molecule has 3 unspecified atom stereocenters. The molecular weight excluding hydrogens is 741 g/mol. The maximum Gasteiger partial charge on any atom is 0.302 e. The number of rotatable bonds is 19. The summed E-state index contributed by atoms with van der Waals surface area (Å²) in [4.78, 5) is 12.2. The van der Waals surface area contributed by atoms with Crippen LogP contribution in [0.3, 0.4) is 0 Å².